The highest BCUT2D eigenvalue weighted by Crippen LogP contribution is 2.22. The van der Waals surface area contributed by atoms with Crippen molar-refractivity contribution in [2.75, 3.05) is 5.75 Å². The van der Waals surface area contributed by atoms with Crippen LogP contribution in [0.1, 0.15) is 12.5 Å². The molecule has 8 heteroatoms. The van der Waals surface area contributed by atoms with Crippen molar-refractivity contribution in [1.29, 1.82) is 0 Å². The first kappa shape index (κ1) is 18.4. The van der Waals surface area contributed by atoms with Gasteiger partial charge in [0.25, 0.3) is 0 Å². The maximum absolute atomic E-state index is 12.3. The molecule has 0 bridgehead atoms. The van der Waals surface area contributed by atoms with E-state index < -0.39 is 23.2 Å². The molecule has 1 aliphatic rings. The molecule has 0 aliphatic carbocycles. The highest BCUT2D eigenvalue weighted by molar-refractivity contribution is 8.03. The monoisotopic (exact) mass is 366 g/mol. The lowest BCUT2D eigenvalue weighted by molar-refractivity contribution is -0.135. The molecule has 0 aromatic heterocycles. The van der Waals surface area contributed by atoms with Crippen molar-refractivity contribution >= 4 is 42.2 Å². The summed E-state index contributed by atoms with van der Waals surface area (Å²) in [7, 11) is 0. The summed E-state index contributed by atoms with van der Waals surface area (Å²) in [6.45, 7) is 1.62. The summed E-state index contributed by atoms with van der Waals surface area (Å²) in [6.07, 6.45) is 0.439. The van der Waals surface area contributed by atoms with E-state index in [2.05, 4.69) is 23.3 Å². The Labute approximate surface area is 149 Å². The number of thioether (sulfide) groups is 1. The van der Waals surface area contributed by atoms with Crippen LogP contribution in [-0.2, 0) is 20.8 Å². The Morgan fingerprint density at radius 2 is 2.08 bits per heavy atom. The van der Waals surface area contributed by atoms with Crippen LogP contribution in [-0.4, -0.2) is 39.9 Å². The van der Waals surface area contributed by atoms with Crippen molar-refractivity contribution in [2.24, 2.45) is 0 Å². The minimum atomic E-state index is -1.20. The summed E-state index contributed by atoms with van der Waals surface area (Å²) >= 11 is 5.53. The summed E-state index contributed by atoms with van der Waals surface area (Å²) in [5.74, 6) is -1.83. The van der Waals surface area contributed by atoms with E-state index in [-0.39, 0.29) is 17.4 Å². The van der Waals surface area contributed by atoms with Crippen molar-refractivity contribution in [3.63, 3.8) is 0 Å². The molecular formula is C16H18N2O4S2. The Bertz CT molecular complexity index is 676. The second-order valence-electron chi connectivity index (χ2n) is 5.30. The first-order chi connectivity index (χ1) is 11.4. The Kier molecular flexibility index (Phi) is 6.33. The summed E-state index contributed by atoms with van der Waals surface area (Å²) in [5, 5.41) is 13.5. The van der Waals surface area contributed by atoms with Crippen LogP contribution < -0.4 is 10.6 Å². The van der Waals surface area contributed by atoms with Crippen LogP contribution >= 0.6 is 24.4 Å². The lowest BCUT2D eigenvalue weighted by Gasteiger charge is -2.18. The van der Waals surface area contributed by atoms with Gasteiger partial charge in [-0.3, -0.25) is 9.59 Å². The normalized spacial score (nSPS) is 19.2. The molecule has 0 fully saturated rings. The number of benzene rings is 1. The Hall–Kier alpha value is -1.93. The van der Waals surface area contributed by atoms with E-state index in [1.807, 2.05) is 30.3 Å². The number of rotatable bonds is 5. The maximum Gasteiger partial charge on any atom is 0.353 e. The molecule has 1 aromatic rings. The van der Waals surface area contributed by atoms with E-state index in [9.17, 15) is 14.4 Å². The molecule has 24 heavy (non-hydrogen) atoms. The number of carbonyl (C=O) groups is 3. The number of nitrogens with one attached hydrogen (secondary N) is 2. The summed E-state index contributed by atoms with van der Waals surface area (Å²) < 4.78 is 0. The lowest BCUT2D eigenvalue weighted by atomic mass is 10.1. The van der Waals surface area contributed by atoms with E-state index in [1.54, 1.807) is 6.92 Å². The summed E-state index contributed by atoms with van der Waals surface area (Å²) in [4.78, 5) is 36.0. The maximum atomic E-state index is 12.3. The number of hydrogen-bond acceptors (Lipinski definition) is 5. The molecule has 0 unspecified atom stereocenters. The van der Waals surface area contributed by atoms with Crippen LogP contribution in [0.25, 0.3) is 0 Å². The Balaban J connectivity index is 1.97. The number of carboxylic acid groups (broad SMARTS) is 1. The molecule has 2 rings (SSSR count). The van der Waals surface area contributed by atoms with Gasteiger partial charge in [-0.05, 0) is 18.9 Å². The van der Waals surface area contributed by atoms with E-state index in [0.717, 1.165) is 5.56 Å². The molecule has 1 heterocycles. The SMILES string of the molecule is CC1=C(C(=O)O)NC(=O)[C@@H](NC(=O)[C@@H](S)Cc2ccccc2)CS1. The molecule has 6 nitrogen and oxygen atoms in total. The molecule has 1 aromatic carbocycles. The zero-order valence-corrected chi connectivity index (χ0v) is 14.7. The van der Waals surface area contributed by atoms with Gasteiger partial charge in [0.1, 0.15) is 11.7 Å². The van der Waals surface area contributed by atoms with Crippen LogP contribution in [0.5, 0.6) is 0 Å². The largest absolute Gasteiger partial charge is 0.477 e. The van der Waals surface area contributed by atoms with Gasteiger partial charge in [0, 0.05) is 10.7 Å². The third-order valence-electron chi connectivity index (χ3n) is 3.49. The van der Waals surface area contributed by atoms with E-state index in [0.29, 0.717) is 11.3 Å². The van der Waals surface area contributed by atoms with E-state index >= 15 is 0 Å². The van der Waals surface area contributed by atoms with Crippen LogP contribution in [0.4, 0.5) is 0 Å². The Morgan fingerprint density at radius 3 is 2.71 bits per heavy atom. The van der Waals surface area contributed by atoms with Gasteiger partial charge in [-0.15, -0.1) is 11.8 Å². The van der Waals surface area contributed by atoms with Crippen LogP contribution in [0.15, 0.2) is 40.9 Å². The zero-order valence-electron chi connectivity index (χ0n) is 13.0. The summed E-state index contributed by atoms with van der Waals surface area (Å²) in [5.41, 5.74) is 0.825. The molecule has 0 saturated heterocycles. The van der Waals surface area contributed by atoms with Gasteiger partial charge in [0.05, 0.1) is 5.25 Å². The first-order valence-corrected chi connectivity index (χ1v) is 8.79. The van der Waals surface area contributed by atoms with Crippen molar-refractivity contribution in [1.82, 2.24) is 10.6 Å². The number of carboxylic acids is 1. The van der Waals surface area contributed by atoms with Gasteiger partial charge < -0.3 is 15.7 Å². The number of carbonyl (C=O) groups excluding carboxylic acids is 2. The van der Waals surface area contributed by atoms with Gasteiger partial charge in [0.15, 0.2) is 0 Å². The highest BCUT2D eigenvalue weighted by atomic mass is 32.2. The molecule has 0 saturated carbocycles. The van der Waals surface area contributed by atoms with E-state index in [4.69, 9.17) is 5.11 Å². The second kappa shape index (κ2) is 8.25. The topological polar surface area (TPSA) is 95.5 Å². The molecule has 0 radical (unpaired) electrons. The fourth-order valence-electron chi connectivity index (χ4n) is 2.16. The molecule has 3 N–H and O–H groups in total. The first-order valence-electron chi connectivity index (χ1n) is 7.28. The predicted molar refractivity (Wildman–Crippen MR) is 95.8 cm³/mol. The quantitative estimate of drug-likeness (QED) is 0.587. The standard InChI is InChI=1S/C16H18N2O4S2/c1-9-13(16(21)22)18-14(19)11(8-24-9)17-15(20)12(23)7-10-5-3-2-4-6-10/h2-6,11-12,23H,7-8H2,1H3,(H,17,20)(H,18,19)(H,21,22)/t11-,12-/m0/s1. The van der Waals surface area contributed by atoms with Gasteiger partial charge in [0.2, 0.25) is 11.8 Å². The third-order valence-corrected chi connectivity index (χ3v) is 5.04. The zero-order chi connectivity index (χ0) is 17.7. The van der Waals surface area contributed by atoms with Gasteiger partial charge in [-0.25, -0.2) is 4.79 Å². The Morgan fingerprint density at radius 1 is 1.42 bits per heavy atom. The van der Waals surface area contributed by atoms with Crippen LogP contribution in [0, 0.1) is 0 Å². The van der Waals surface area contributed by atoms with Gasteiger partial charge in [-0.2, -0.15) is 12.6 Å². The van der Waals surface area contributed by atoms with Crippen molar-refractivity contribution in [3.8, 4) is 0 Å². The smallest absolute Gasteiger partial charge is 0.353 e. The number of thiol groups is 1. The van der Waals surface area contributed by atoms with Crippen molar-refractivity contribution < 1.29 is 19.5 Å². The molecule has 2 atom stereocenters. The lowest BCUT2D eigenvalue weighted by Crippen LogP contribution is -2.50. The van der Waals surface area contributed by atoms with Gasteiger partial charge >= 0.3 is 5.97 Å². The van der Waals surface area contributed by atoms with E-state index in [1.165, 1.54) is 11.8 Å². The number of hydrogen-bond donors (Lipinski definition) is 4. The third kappa shape index (κ3) is 4.78. The minimum absolute atomic E-state index is 0.145. The predicted octanol–water partition coefficient (Wildman–Crippen LogP) is 1.19. The molecule has 128 valence electrons. The fraction of sp³-hybridized carbons (Fsp3) is 0.312. The van der Waals surface area contributed by atoms with Crippen molar-refractivity contribution in [2.45, 2.75) is 24.6 Å². The number of amides is 2. The van der Waals surface area contributed by atoms with Crippen molar-refractivity contribution in [3.05, 3.63) is 46.5 Å². The molecule has 2 amide bonds. The number of allylic oxidation sites excluding steroid dienone is 1. The molecule has 0 spiro atoms. The molecular weight excluding hydrogens is 348 g/mol. The summed E-state index contributed by atoms with van der Waals surface area (Å²) in [6, 6.07) is 8.64. The number of aliphatic carboxylic acids is 1. The minimum Gasteiger partial charge on any atom is -0.477 e. The van der Waals surface area contributed by atoms with Crippen LogP contribution in [0.2, 0.25) is 0 Å². The fourth-order valence-corrected chi connectivity index (χ4v) is 3.38. The highest BCUT2D eigenvalue weighted by Gasteiger charge is 2.29. The average molecular weight is 366 g/mol. The van der Waals surface area contributed by atoms with Crippen LogP contribution in [0.3, 0.4) is 0 Å². The van der Waals surface area contributed by atoms with Gasteiger partial charge in [-0.1, -0.05) is 30.3 Å². The average Bonchev–Trinajstić information content (AvgIpc) is 2.69. The molecule has 1 aliphatic heterocycles. The second-order valence-corrected chi connectivity index (χ2v) is 7.16.